The molecule has 29 heavy (non-hydrogen) atoms. The molecular weight excluding hydrogens is 376 g/mol. The molecule has 0 aromatic rings. The first kappa shape index (κ1) is 24.1. The molecule has 8 nitrogen and oxygen atoms in total. The smallest absolute Gasteiger partial charge is 0.410 e. The number of aliphatic hydroxyl groups is 2. The monoisotopic (exact) mass is 414 g/mol. The first-order valence-electron chi connectivity index (χ1n) is 10.7. The van der Waals surface area contributed by atoms with Crippen LogP contribution in [0.25, 0.3) is 0 Å². The van der Waals surface area contributed by atoms with Crippen LogP contribution in [0.2, 0.25) is 0 Å². The van der Waals surface area contributed by atoms with E-state index in [0.717, 1.165) is 19.3 Å². The van der Waals surface area contributed by atoms with E-state index in [0.29, 0.717) is 12.1 Å². The minimum absolute atomic E-state index is 0.186. The van der Waals surface area contributed by atoms with Gasteiger partial charge in [0, 0.05) is 6.54 Å². The molecule has 1 saturated heterocycles. The van der Waals surface area contributed by atoms with Crippen LogP contribution in [0.5, 0.6) is 0 Å². The van der Waals surface area contributed by atoms with Gasteiger partial charge in [-0.1, -0.05) is 45.1 Å². The average Bonchev–Trinajstić information content (AvgIpc) is 2.63. The summed E-state index contributed by atoms with van der Waals surface area (Å²) in [5.41, 5.74) is 5.64. The zero-order valence-corrected chi connectivity index (χ0v) is 18.2. The summed E-state index contributed by atoms with van der Waals surface area (Å²) in [7, 11) is 0. The molecule has 5 atom stereocenters. The van der Waals surface area contributed by atoms with Gasteiger partial charge in [0.2, 0.25) is 6.41 Å². The number of rotatable bonds is 8. The van der Waals surface area contributed by atoms with Crippen LogP contribution < -0.4 is 5.73 Å². The molecule has 0 bridgehead atoms. The number of nitrogens with zero attached hydrogens (tertiary/aromatic N) is 1. The standard InChI is InChI=1S/C21H38N2O6/c1-5-6-7-8-9-10-11-23(20(26)29-21(2,3)4)15-12-14-13-27-19(22)28-18(14)17(25)16(15)24/h12,15-19,24-25H,5-11,13,22H2,1-4H3/t15-,16?,17?,18+,19?/m1/s1. The molecule has 1 fully saturated rings. The van der Waals surface area contributed by atoms with Gasteiger partial charge in [0.15, 0.2) is 0 Å². The van der Waals surface area contributed by atoms with E-state index >= 15 is 0 Å². The zero-order chi connectivity index (χ0) is 21.6. The number of nitrogens with two attached hydrogens (primary N) is 1. The summed E-state index contributed by atoms with van der Waals surface area (Å²) in [6, 6.07) is -0.719. The van der Waals surface area contributed by atoms with E-state index in [9.17, 15) is 15.0 Å². The van der Waals surface area contributed by atoms with Gasteiger partial charge >= 0.3 is 6.09 Å². The topological polar surface area (TPSA) is 114 Å². The van der Waals surface area contributed by atoms with Crippen LogP contribution in [-0.4, -0.2) is 70.7 Å². The fourth-order valence-electron chi connectivity index (χ4n) is 3.69. The Morgan fingerprint density at radius 1 is 1.21 bits per heavy atom. The summed E-state index contributed by atoms with van der Waals surface area (Å²) >= 11 is 0. The van der Waals surface area contributed by atoms with Gasteiger partial charge in [0.25, 0.3) is 0 Å². The molecule has 0 aromatic heterocycles. The maximum absolute atomic E-state index is 12.9. The SMILES string of the molecule is CCCCCCCCN(C(=O)OC(C)(C)C)[C@@H]1C=C2COC(N)O[C@@H]2C(O)C1O. The summed E-state index contributed by atoms with van der Waals surface area (Å²) in [6.45, 7) is 8.21. The highest BCUT2D eigenvalue weighted by atomic mass is 16.7. The van der Waals surface area contributed by atoms with E-state index < -0.39 is 42.5 Å². The minimum atomic E-state index is -1.21. The minimum Gasteiger partial charge on any atom is -0.444 e. The van der Waals surface area contributed by atoms with Gasteiger partial charge in [-0.25, -0.2) is 4.79 Å². The van der Waals surface area contributed by atoms with E-state index in [1.807, 2.05) is 0 Å². The fourth-order valence-corrected chi connectivity index (χ4v) is 3.69. The third-order valence-corrected chi connectivity index (χ3v) is 5.20. The second-order valence-electron chi connectivity index (χ2n) is 8.89. The molecule has 2 aliphatic rings. The second kappa shape index (κ2) is 10.7. The highest BCUT2D eigenvalue weighted by Gasteiger charge is 2.45. The molecular formula is C21H38N2O6. The molecule has 0 radical (unpaired) electrons. The Bertz CT molecular complexity index is 562. The maximum Gasteiger partial charge on any atom is 0.410 e. The Hall–Kier alpha value is -1.19. The quantitative estimate of drug-likeness (QED) is 0.412. The molecule has 4 N–H and O–H groups in total. The van der Waals surface area contributed by atoms with E-state index in [2.05, 4.69) is 6.92 Å². The van der Waals surface area contributed by atoms with Gasteiger partial charge in [0.1, 0.15) is 23.9 Å². The summed E-state index contributed by atoms with van der Waals surface area (Å²) in [6.07, 6.45) is 3.60. The number of amides is 1. The van der Waals surface area contributed by atoms with Crippen LogP contribution in [0.4, 0.5) is 4.79 Å². The summed E-state index contributed by atoms with van der Waals surface area (Å²) in [5, 5.41) is 21.3. The normalized spacial score (nSPS) is 29.8. The second-order valence-corrected chi connectivity index (χ2v) is 8.89. The van der Waals surface area contributed by atoms with Gasteiger partial charge in [-0.3, -0.25) is 10.6 Å². The maximum atomic E-state index is 12.9. The third-order valence-electron chi connectivity index (χ3n) is 5.20. The fraction of sp³-hybridized carbons (Fsp3) is 0.857. The Balaban J connectivity index is 2.13. The highest BCUT2D eigenvalue weighted by Crippen LogP contribution is 2.30. The lowest BCUT2D eigenvalue weighted by atomic mass is 9.87. The lowest BCUT2D eigenvalue weighted by Gasteiger charge is -2.44. The largest absolute Gasteiger partial charge is 0.444 e. The predicted octanol–water partition coefficient (Wildman–Crippen LogP) is 2.27. The van der Waals surface area contributed by atoms with Crippen LogP contribution in [0, 0.1) is 0 Å². The van der Waals surface area contributed by atoms with Crippen molar-refractivity contribution in [2.24, 2.45) is 5.73 Å². The van der Waals surface area contributed by atoms with Gasteiger partial charge < -0.3 is 24.4 Å². The number of hydrogen-bond donors (Lipinski definition) is 3. The number of hydrogen-bond acceptors (Lipinski definition) is 7. The van der Waals surface area contributed by atoms with Crippen LogP contribution >= 0.6 is 0 Å². The van der Waals surface area contributed by atoms with E-state index in [-0.39, 0.29) is 6.61 Å². The molecule has 0 spiro atoms. The van der Waals surface area contributed by atoms with Crippen LogP contribution in [0.3, 0.4) is 0 Å². The number of carbonyl (C=O) groups is 1. The third kappa shape index (κ3) is 6.93. The number of unbranched alkanes of at least 4 members (excludes halogenated alkanes) is 5. The van der Waals surface area contributed by atoms with Crippen LogP contribution in [0.15, 0.2) is 11.6 Å². The predicted molar refractivity (Wildman–Crippen MR) is 109 cm³/mol. The number of ether oxygens (including phenoxy) is 3. The average molecular weight is 415 g/mol. The van der Waals surface area contributed by atoms with Crippen molar-refractivity contribution in [1.82, 2.24) is 4.90 Å². The number of fused-ring (bicyclic) bond motifs is 1. The molecule has 1 amide bonds. The molecule has 1 heterocycles. The van der Waals surface area contributed by atoms with Crippen molar-refractivity contribution in [2.45, 2.75) is 103 Å². The van der Waals surface area contributed by atoms with Gasteiger partial charge in [-0.2, -0.15) is 0 Å². The van der Waals surface area contributed by atoms with E-state index in [4.69, 9.17) is 19.9 Å². The molecule has 168 valence electrons. The Morgan fingerprint density at radius 3 is 2.52 bits per heavy atom. The van der Waals surface area contributed by atoms with Crippen molar-refractivity contribution in [2.75, 3.05) is 13.2 Å². The van der Waals surface area contributed by atoms with Crippen LogP contribution in [-0.2, 0) is 14.2 Å². The zero-order valence-electron chi connectivity index (χ0n) is 18.2. The van der Waals surface area contributed by atoms with E-state index in [1.165, 1.54) is 24.2 Å². The number of aliphatic hydroxyl groups excluding tert-OH is 2. The van der Waals surface area contributed by atoms with Crippen molar-refractivity contribution in [3.8, 4) is 0 Å². The molecule has 0 aromatic carbocycles. The van der Waals surface area contributed by atoms with Crippen molar-refractivity contribution in [3.05, 3.63) is 11.6 Å². The lowest BCUT2D eigenvalue weighted by Crippen LogP contribution is -2.60. The highest BCUT2D eigenvalue weighted by molar-refractivity contribution is 5.69. The molecule has 3 unspecified atom stereocenters. The number of carbonyl (C=O) groups excluding carboxylic acids is 1. The van der Waals surface area contributed by atoms with Crippen molar-refractivity contribution < 1.29 is 29.2 Å². The van der Waals surface area contributed by atoms with Crippen molar-refractivity contribution in [3.63, 3.8) is 0 Å². The molecule has 1 aliphatic heterocycles. The van der Waals surface area contributed by atoms with Gasteiger partial charge in [-0.15, -0.1) is 0 Å². The van der Waals surface area contributed by atoms with Gasteiger partial charge in [-0.05, 0) is 32.8 Å². The van der Waals surface area contributed by atoms with Crippen molar-refractivity contribution in [1.29, 1.82) is 0 Å². The first-order chi connectivity index (χ1) is 13.6. The molecule has 8 heteroatoms. The van der Waals surface area contributed by atoms with Crippen molar-refractivity contribution >= 4 is 6.09 Å². The molecule has 1 aliphatic carbocycles. The summed E-state index contributed by atoms with van der Waals surface area (Å²) in [5.74, 6) is 0. The van der Waals surface area contributed by atoms with Crippen LogP contribution in [0.1, 0.15) is 66.2 Å². The summed E-state index contributed by atoms with van der Waals surface area (Å²) < 4.78 is 16.3. The lowest BCUT2D eigenvalue weighted by molar-refractivity contribution is -0.221. The van der Waals surface area contributed by atoms with E-state index in [1.54, 1.807) is 26.8 Å². The Kier molecular flexibility index (Phi) is 8.91. The summed E-state index contributed by atoms with van der Waals surface area (Å²) in [4.78, 5) is 14.4. The Labute approximate surface area is 174 Å². The Morgan fingerprint density at radius 2 is 1.86 bits per heavy atom. The first-order valence-corrected chi connectivity index (χ1v) is 10.7. The van der Waals surface area contributed by atoms with Gasteiger partial charge in [0.05, 0.1) is 12.6 Å². The molecule has 0 saturated carbocycles. The molecule has 2 rings (SSSR count).